The molecule has 0 atom stereocenters. The van der Waals surface area contributed by atoms with E-state index in [1.807, 2.05) is 0 Å². The number of H-pyrrole nitrogens is 1. The Morgan fingerprint density at radius 1 is 1.11 bits per heavy atom. The second kappa shape index (κ2) is 9.09. The second-order valence-electron chi connectivity index (χ2n) is 5.43. The van der Waals surface area contributed by atoms with E-state index in [1.54, 1.807) is 48.5 Å². The van der Waals surface area contributed by atoms with Gasteiger partial charge in [-0.15, -0.1) is 5.10 Å². The lowest BCUT2D eigenvalue weighted by Crippen LogP contribution is -2.08. The summed E-state index contributed by atoms with van der Waals surface area (Å²) in [5.74, 6) is 1.59. The van der Waals surface area contributed by atoms with Crippen LogP contribution in [-0.2, 0) is 16.4 Å². The molecule has 0 saturated carbocycles. The summed E-state index contributed by atoms with van der Waals surface area (Å²) in [6.45, 7) is 0.229. The van der Waals surface area contributed by atoms with Gasteiger partial charge in [0.25, 0.3) is 0 Å². The first kappa shape index (κ1) is 20.2. The van der Waals surface area contributed by atoms with Gasteiger partial charge in [0.2, 0.25) is 5.16 Å². The van der Waals surface area contributed by atoms with Gasteiger partial charge in [0.15, 0.2) is 15.7 Å². The Morgan fingerprint density at radius 2 is 1.81 bits per heavy atom. The van der Waals surface area contributed by atoms with Crippen molar-refractivity contribution in [2.24, 2.45) is 0 Å². The zero-order valence-corrected chi connectivity index (χ0v) is 17.9. The number of thioether (sulfide) groups is 1. The average molecular weight is 489 g/mol. The molecule has 3 rings (SSSR count). The van der Waals surface area contributed by atoms with Crippen molar-refractivity contribution in [1.82, 2.24) is 15.2 Å². The first-order chi connectivity index (χ1) is 12.9. The average Bonchev–Trinajstić information content (AvgIpc) is 3.09. The second-order valence-corrected chi connectivity index (χ2v) is 9.95. The van der Waals surface area contributed by atoms with Crippen molar-refractivity contribution in [1.29, 1.82) is 0 Å². The Kier molecular flexibility index (Phi) is 6.80. The monoisotopic (exact) mass is 487 g/mol. The van der Waals surface area contributed by atoms with E-state index in [9.17, 15) is 8.42 Å². The smallest absolute Gasteiger partial charge is 0.208 e. The van der Waals surface area contributed by atoms with Gasteiger partial charge < -0.3 is 4.74 Å². The predicted molar refractivity (Wildman–Crippen MR) is 109 cm³/mol. The molecule has 3 aromatic rings. The van der Waals surface area contributed by atoms with Crippen LogP contribution in [0.15, 0.2) is 63.1 Å². The molecule has 0 amide bonds. The number of sulfone groups is 1. The van der Waals surface area contributed by atoms with Crippen molar-refractivity contribution in [3.8, 4) is 5.75 Å². The molecule has 0 spiro atoms. The van der Waals surface area contributed by atoms with Gasteiger partial charge in [0.05, 0.1) is 10.6 Å². The normalized spacial score (nSPS) is 11.5. The molecule has 1 aromatic heterocycles. The highest BCUT2D eigenvalue weighted by Crippen LogP contribution is 2.20. The van der Waals surface area contributed by atoms with Crippen LogP contribution in [0.25, 0.3) is 0 Å². The van der Waals surface area contributed by atoms with Crippen LogP contribution in [0.1, 0.15) is 5.82 Å². The molecule has 0 fully saturated rings. The molecule has 0 unspecified atom stereocenters. The topological polar surface area (TPSA) is 84.9 Å². The minimum atomic E-state index is -3.33. The fourth-order valence-electron chi connectivity index (χ4n) is 2.09. The maximum atomic E-state index is 12.3. The number of aromatic nitrogens is 3. The highest BCUT2D eigenvalue weighted by Gasteiger charge is 2.15. The van der Waals surface area contributed by atoms with E-state index in [4.69, 9.17) is 16.3 Å². The molecular formula is C17H15BrClN3O3S2. The summed E-state index contributed by atoms with van der Waals surface area (Å²) in [5, 5.41) is 7.98. The van der Waals surface area contributed by atoms with Crippen LogP contribution in [0.4, 0.5) is 0 Å². The number of nitrogens with one attached hydrogen (secondary N) is 1. The Morgan fingerprint density at radius 3 is 2.52 bits per heavy atom. The fourth-order valence-corrected chi connectivity index (χ4v) is 4.95. The Balaban J connectivity index is 1.49. The van der Waals surface area contributed by atoms with E-state index in [0.29, 0.717) is 32.4 Å². The molecular weight excluding hydrogens is 474 g/mol. The molecule has 2 aromatic carbocycles. The predicted octanol–water partition coefficient (Wildman–Crippen LogP) is 4.37. The van der Waals surface area contributed by atoms with Crippen LogP contribution in [0, 0.1) is 0 Å². The number of rotatable bonds is 8. The molecule has 10 heteroatoms. The van der Waals surface area contributed by atoms with E-state index < -0.39 is 9.84 Å². The number of nitrogens with zero attached hydrogens (tertiary/aromatic N) is 2. The van der Waals surface area contributed by atoms with Crippen molar-refractivity contribution >= 4 is 49.1 Å². The minimum absolute atomic E-state index is 0.00441. The van der Waals surface area contributed by atoms with E-state index >= 15 is 0 Å². The summed E-state index contributed by atoms with van der Waals surface area (Å²) in [7, 11) is -3.33. The van der Waals surface area contributed by atoms with E-state index in [1.165, 1.54) is 11.8 Å². The Bertz CT molecular complexity index is 993. The van der Waals surface area contributed by atoms with Gasteiger partial charge >= 0.3 is 0 Å². The summed E-state index contributed by atoms with van der Waals surface area (Å²) in [6.07, 6.45) is 0. The van der Waals surface area contributed by atoms with Crippen molar-refractivity contribution < 1.29 is 13.2 Å². The number of ether oxygens (including phenoxy) is 1. The van der Waals surface area contributed by atoms with Gasteiger partial charge in [-0.25, -0.2) is 13.4 Å². The van der Waals surface area contributed by atoms with Gasteiger partial charge in [-0.1, -0.05) is 39.3 Å². The summed E-state index contributed by atoms with van der Waals surface area (Å²) in [6, 6.07) is 13.6. The molecule has 0 aliphatic carbocycles. The minimum Gasteiger partial charge on any atom is -0.486 e. The number of hydrogen-bond donors (Lipinski definition) is 1. The molecule has 0 aliphatic rings. The molecule has 0 aliphatic heterocycles. The van der Waals surface area contributed by atoms with Gasteiger partial charge in [0.1, 0.15) is 12.4 Å². The van der Waals surface area contributed by atoms with Gasteiger partial charge in [-0.3, -0.25) is 5.10 Å². The maximum absolute atomic E-state index is 12.3. The van der Waals surface area contributed by atoms with E-state index in [2.05, 4.69) is 31.1 Å². The first-order valence-electron chi connectivity index (χ1n) is 7.83. The number of halogens is 2. The zero-order valence-electron chi connectivity index (χ0n) is 13.9. The van der Waals surface area contributed by atoms with E-state index in [0.717, 1.165) is 4.47 Å². The zero-order chi connectivity index (χ0) is 19.3. The molecule has 6 nitrogen and oxygen atoms in total. The number of hydrogen-bond acceptors (Lipinski definition) is 6. The fraction of sp³-hybridized carbons (Fsp3) is 0.176. The van der Waals surface area contributed by atoms with Crippen LogP contribution in [-0.4, -0.2) is 35.1 Å². The highest BCUT2D eigenvalue weighted by atomic mass is 79.9. The number of benzene rings is 2. The lowest BCUT2D eigenvalue weighted by Gasteiger charge is -2.03. The third-order valence-electron chi connectivity index (χ3n) is 3.46. The third-order valence-corrected chi connectivity index (χ3v) is 7.08. The Hall–Kier alpha value is -1.55. The van der Waals surface area contributed by atoms with Crippen molar-refractivity contribution in [2.75, 3.05) is 11.5 Å². The molecule has 142 valence electrons. The molecule has 0 bridgehead atoms. The molecule has 0 radical (unpaired) electrons. The lowest BCUT2D eigenvalue weighted by molar-refractivity contribution is 0.296. The Labute approximate surface area is 174 Å². The van der Waals surface area contributed by atoms with Crippen molar-refractivity contribution in [3.05, 3.63) is 63.9 Å². The summed E-state index contributed by atoms with van der Waals surface area (Å²) in [5.41, 5.74) is 0. The third kappa shape index (κ3) is 5.97. The van der Waals surface area contributed by atoms with Crippen LogP contribution in [0.2, 0.25) is 5.02 Å². The van der Waals surface area contributed by atoms with Crippen LogP contribution < -0.4 is 4.74 Å². The van der Waals surface area contributed by atoms with Crippen molar-refractivity contribution in [2.45, 2.75) is 16.7 Å². The SMILES string of the molecule is O=S(=O)(CCSc1n[nH]c(COc2ccc(Cl)cc2)n1)c1ccc(Br)cc1. The van der Waals surface area contributed by atoms with Crippen molar-refractivity contribution in [3.63, 3.8) is 0 Å². The lowest BCUT2D eigenvalue weighted by atomic mass is 10.3. The maximum Gasteiger partial charge on any atom is 0.208 e. The van der Waals surface area contributed by atoms with Crippen LogP contribution in [0.5, 0.6) is 5.75 Å². The summed E-state index contributed by atoms with van der Waals surface area (Å²) in [4.78, 5) is 4.60. The molecule has 1 N–H and O–H groups in total. The number of aromatic amines is 1. The van der Waals surface area contributed by atoms with Gasteiger partial charge in [-0.05, 0) is 48.5 Å². The molecule has 1 heterocycles. The molecule has 0 saturated heterocycles. The quantitative estimate of drug-likeness (QED) is 0.474. The molecule has 27 heavy (non-hydrogen) atoms. The van der Waals surface area contributed by atoms with Crippen LogP contribution in [0.3, 0.4) is 0 Å². The standard InChI is InChI=1S/C17H15BrClN3O3S2/c18-12-1-7-15(8-2-12)27(23,24)10-9-26-17-20-16(21-22-17)11-25-14-5-3-13(19)4-6-14/h1-8H,9-11H2,(H,20,21,22). The van der Waals surface area contributed by atoms with E-state index in [-0.39, 0.29) is 12.4 Å². The summed E-state index contributed by atoms with van der Waals surface area (Å²) >= 11 is 10.4. The van der Waals surface area contributed by atoms with Gasteiger partial charge in [-0.2, -0.15) is 0 Å². The summed E-state index contributed by atoms with van der Waals surface area (Å²) < 4.78 is 31.1. The highest BCUT2D eigenvalue weighted by molar-refractivity contribution is 9.10. The first-order valence-corrected chi connectivity index (χ1v) is 11.6. The largest absolute Gasteiger partial charge is 0.486 e. The van der Waals surface area contributed by atoms with Crippen LogP contribution >= 0.6 is 39.3 Å². The van der Waals surface area contributed by atoms with Gasteiger partial charge in [0, 0.05) is 15.2 Å².